The van der Waals surface area contributed by atoms with E-state index in [1.807, 2.05) is 0 Å². The summed E-state index contributed by atoms with van der Waals surface area (Å²) in [5.41, 5.74) is 0.739. The molecule has 2 atom stereocenters. The molecular formula is C17H27N3O. The Bertz CT molecular complexity index is 458. The molecule has 0 aliphatic carbocycles. The van der Waals surface area contributed by atoms with Crippen molar-refractivity contribution < 1.29 is 4.79 Å². The van der Waals surface area contributed by atoms with Crippen molar-refractivity contribution >= 4 is 5.91 Å². The van der Waals surface area contributed by atoms with E-state index in [0.717, 1.165) is 25.1 Å². The number of amides is 1. The quantitative estimate of drug-likeness (QED) is 0.926. The van der Waals surface area contributed by atoms with Gasteiger partial charge in [-0.1, -0.05) is 27.7 Å². The molecule has 1 fully saturated rings. The highest BCUT2D eigenvalue weighted by molar-refractivity contribution is 5.94. The van der Waals surface area contributed by atoms with Crippen molar-refractivity contribution in [2.24, 2.45) is 11.8 Å². The molecule has 1 aromatic heterocycles. The minimum atomic E-state index is 0.134. The van der Waals surface area contributed by atoms with E-state index in [1.165, 1.54) is 0 Å². The molecule has 1 aliphatic rings. The summed E-state index contributed by atoms with van der Waals surface area (Å²) in [6.07, 6.45) is 4.41. The summed E-state index contributed by atoms with van der Waals surface area (Å²) < 4.78 is 0. The Balaban J connectivity index is 2.18. The fourth-order valence-electron chi connectivity index (χ4n) is 2.93. The number of carbonyl (C=O) groups is 1. The van der Waals surface area contributed by atoms with Gasteiger partial charge in [-0.15, -0.1) is 0 Å². The molecular weight excluding hydrogens is 262 g/mol. The van der Waals surface area contributed by atoms with Gasteiger partial charge in [-0.25, -0.2) is 0 Å². The first-order valence-corrected chi connectivity index (χ1v) is 7.93. The third-order valence-corrected chi connectivity index (χ3v) is 4.19. The van der Waals surface area contributed by atoms with Gasteiger partial charge >= 0.3 is 0 Å². The SMILES string of the molecule is CC(C)CC1CNC(C(C)C)CN1C(=O)c1ccncc1. The molecule has 0 aromatic carbocycles. The minimum Gasteiger partial charge on any atom is -0.333 e. The van der Waals surface area contributed by atoms with Gasteiger partial charge in [0.1, 0.15) is 0 Å². The molecule has 1 saturated heterocycles. The Morgan fingerprint density at radius 3 is 2.57 bits per heavy atom. The first-order chi connectivity index (χ1) is 9.99. The smallest absolute Gasteiger partial charge is 0.254 e. The molecule has 1 aliphatic heterocycles. The second-order valence-electron chi connectivity index (χ2n) is 6.74. The predicted molar refractivity (Wildman–Crippen MR) is 85.1 cm³/mol. The van der Waals surface area contributed by atoms with Crippen LogP contribution in [0.2, 0.25) is 0 Å². The van der Waals surface area contributed by atoms with Crippen LogP contribution >= 0.6 is 0 Å². The third-order valence-electron chi connectivity index (χ3n) is 4.19. The number of hydrogen-bond acceptors (Lipinski definition) is 3. The molecule has 1 amide bonds. The molecule has 2 rings (SSSR count). The Kier molecular flexibility index (Phi) is 5.34. The first kappa shape index (κ1) is 16.0. The van der Waals surface area contributed by atoms with Gasteiger partial charge in [0.25, 0.3) is 5.91 Å². The maximum absolute atomic E-state index is 12.8. The zero-order valence-corrected chi connectivity index (χ0v) is 13.5. The molecule has 2 heterocycles. The maximum atomic E-state index is 12.8. The van der Waals surface area contributed by atoms with Crippen molar-refractivity contribution in [2.75, 3.05) is 13.1 Å². The summed E-state index contributed by atoms with van der Waals surface area (Å²) in [7, 11) is 0. The number of aromatic nitrogens is 1. The number of carbonyl (C=O) groups excluding carboxylic acids is 1. The first-order valence-electron chi connectivity index (χ1n) is 7.93. The van der Waals surface area contributed by atoms with Gasteiger partial charge in [-0.3, -0.25) is 9.78 Å². The van der Waals surface area contributed by atoms with Crippen LogP contribution in [0, 0.1) is 11.8 Å². The number of piperazine rings is 1. The molecule has 21 heavy (non-hydrogen) atoms. The van der Waals surface area contributed by atoms with Crippen molar-refractivity contribution in [1.82, 2.24) is 15.2 Å². The molecule has 1 aromatic rings. The van der Waals surface area contributed by atoms with E-state index in [4.69, 9.17) is 0 Å². The molecule has 4 heteroatoms. The lowest BCUT2D eigenvalue weighted by atomic mass is 9.94. The summed E-state index contributed by atoms with van der Waals surface area (Å²) >= 11 is 0. The lowest BCUT2D eigenvalue weighted by Crippen LogP contribution is -2.60. The van der Waals surface area contributed by atoms with Crippen molar-refractivity contribution in [2.45, 2.75) is 46.2 Å². The van der Waals surface area contributed by atoms with E-state index in [0.29, 0.717) is 17.9 Å². The molecule has 0 spiro atoms. The average Bonchev–Trinajstić information content (AvgIpc) is 2.47. The summed E-state index contributed by atoms with van der Waals surface area (Å²) in [6.45, 7) is 10.5. The highest BCUT2D eigenvalue weighted by atomic mass is 16.2. The van der Waals surface area contributed by atoms with E-state index >= 15 is 0 Å². The fourth-order valence-corrected chi connectivity index (χ4v) is 2.93. The third kappa shape index (κ3) is 4.03. The van der Waals surface area contributed by atoms with Crippen LogP contribution in [0.25, 0.3) is 0 Å². The van der Waals surface area contributed by atoms with Gasteiger partial charge in [-0.05, 0) is 30.4 Å². The Morgan fingerprint density at radius 2 is 2.00 bits per heavy atom. The summed E-state index contributed by atoms with van der Waals surface area (Å²) in [5, 5.41) is 3.60. The minimum absolute atomic E-state index is 0.134. The highest BCUT2D eigenvalue weighted by Gasteiger charge is 2.33. The number of pyridine rings is 1. The van der Waals surface area contributed by atoms with Crippen molar-refractivity contribution in [3.8, 4) is 0 Å². The number of nitrogens with one attached hydrogen (secondary N) is 1. The van der Waals surface area contributed by atoms with Gasteiger partial charge in [0.15, 0.2) is 0 Å². The molecule has 0 bridgehead atoms. The molecule has 1 N–H and O–H groups in total. The van der Waals surface area contributed by atoms with Gasteiger partial charge in [0.05, 0.1) is 0 Å². The monoisotopic (exact) mass is 289 g/mol. The maximum Gasteiger partial charge on any atom is 0.254 e. The standard InChI is InChI=1S/C17H27N3O/c1-12(2)9-15-10-19-16(13(3)4)11-20(15)17(21)14-5-7-18-8-6-14/h5-8,12-13,15-16,19H,9-11H2,1-4H3. The Hall–Kier alpha value is -1.42. The summed E-state index contributed by atoms with van der Waals surface area (Å²) in [6, 6.07) is 4.27. The van der Waals surface area contributed by atoms with Crippen molar-refractivity contribution in [1.29, 1.82) is 0 Å². The van der Waals surface area contributed by atoms with Crippen LogP contribution in [0.1, 0.15) is 44.5 Å². The molecule has 4 nitrogen and oxygen atoms in total. The zero-order valence-electron chi connectivity index (χ0n) is 13.5. The zero-order chi connectivity index (χ0) is 15.4. The highest BCUT2D eigenvalue weighted by Crippen LogP contribution is 2.20. The topological polar surface area (TPSA) is 45.2 Å². The largest absolute Gasteiger partial charge is 0.333 e. The van der Waals surface area contributed by atoms with Crippen LogP contribution in [-0.4, -0.2) is 41.0 Å². The van der Waals surface area contributed by atoms with Crippen LogP contribution < -0.4 is 5.32 Å². The van der Waals surface area contributed by atoms with E-state index in [9.17, 15) is 4.79 Å². The van der Waals surface area contributed by atoms with Gasteiger partial charge in [-0.2, -0.15) is 0 Å². The van der Waals surface area contributed by atoms with E-state index in [-0.39, 0.29) is 11.9 Å². The summed E-state index contributed by atoms with van der Waals surface area (Å²) in [4.78, 5) is 18.9. The predicted octanol–water partition coefficient (Wildman–Crippen LogP) is 2.57. The fraction of sp³-hybridized carbons (Fsp3) is 0.647. The molecule has 0 radical (unpaired) electrons. The lowest BCUT2D eigenvalue weighted by molar-refractivity contribution is 0.0521. The normalized spacial score (nSPS) is 22.9. The Labute approximate surface area is 127 Å². The average molecular weight is 289 g/mol. The lowest BCUT2D eigenvalue weighted by Gasteiger charge is -2.42. The number of hydrogen-bond donors (Lipinski definition) is 1. The second kappa shape index (κ2) is 7.03. The van der Waals surface area contributed by atoms with Gasteiger partial charge in [0, 0.05) is 43.1 Å². The van der Waals surface area contributed by atoms with E-state index in [2.05, 4.69) is 42.9 Å². The van der Waals surface area contributed by atoms with Crippen LogP contribution in [0.15, 0.2) is 24.5 Å². The molecule has 2 unspecified atom stereocenters. The van der Waals surface area contributed by atoms with E-state index in [1.54, 1.807) is 24.5 Å². The van der Waals surface area contributed by atoms with Crippen molar-refractivity contribution in [3.05, 3.63) is 30.1 Å². The number of rotatable bonds is 4. The van der Waals surface area contributed by atoms with Gasteiger partial charge < -0.3 is 10.2 Å². The number of nitrogens with zero attached hydrogens (tertiary/aromatic N) is 2. The van der Waals surface area contributed by atoms with Crippen LogP contribution in [0.3, 0.4) is 0 Å². The van der Waals surface area contributed by atoms with Crippen molar-refractivity contribution in [3.63, 3.8) is 0 Å². The molecule has 0 saturated carbocycles. The van der Waals surface area contributed by atoms with Crippen LogP contribution in [0.5, 0.6) is 0 Å². The van der Waals surface area contributed by atoms with E-state index < -0.39 is 0 Å². The Morgan fingerprint density at radius 1 is 1.33 bits per heavy atom. The van der Waals surface area contributed by atoms with Crippen LogP contribution in [0.4, 0.5) is 0 Å². The summed E-state index contributed by atoms with van der Waals surface area (Å²) in [5.74, 6) is 1.24. The van der Waals surface area contributed by atoms with Gasteiger partial charge in [0.2, 0.25) is 0 Å². The second-order valence-corrected chi connectivity index (χ2v) is 6.74. The molecule has 116 valence electrons. The van der Waals surface area contributed by atoms with Crippen LogP contribution in [-0.2, 0) is 0 Å².